The van der Waals surface area contributed by atoms with Gasteiger partial charge in [0.05, 0.1) is 25.1 Å². The number of hydrogen-bond acceptors (Lipinski definition) is 7. The maximum absolute atomic E-state index is 13.4. The maximum Gasteiger partial charge on any atom is 0.318 e. The number of ether oxygens (including phenoxy) is 2. The lowest BCUT2D eigenvalue weighted by molar-refractivity contribution is -0.139. The van der Waals surface area contributed by atoms with Gasteiger partial charge in [-0.15, -0.1) is 11.3 Å². The van der Waals surface area contributed by atoms with Crippen molar-refractivity contribution in [1.29, 1.82) is 0 Å². The first kappa shape index (κ1) is 19.0. The van der Waals surface area contributed by atoms with Gasteiger partial charge in [-0.3, -0.25) is 14.2 Å². The third-order valence-corrected chi connectivity index (χ3v) is 7.52. The van der Waals surface area contributed by atoms with Gasteiger partial charge in [0.25, 0.3) is 5.56 Å². The quantitative estimate of drug-likeness (QED) is 0.430. The molecule has 0 spiro atoms. The molecule has 2 aromatic rings. The molecule has 0 amide bonds. The predicted octanol–water partition coefficient (Wildman–Crippen LogP) is 3.17. The van der Waals surface area contributed by atoms with Gasteiger partial charge in [0, 0.05) is 11.5 Å². The zero-order chi connectivity index (χ0) is 19.0. The van der Waals surface area contributed by atoms with Crippen LogP contribution < -0.4 is 5.56 Å². The molecule has 27 heavy (non-hydrogen) atoms. The van der Waals surface area contributed by atoms with Crippen molar-refractivity contribution >= 4 is 39.3 Å². The van der Waals surface area contributed by atoms with Crippen LogP contribution in [-0.4, -0.2) is 40.6 Å². The average Bonchev–Trinajstić information content (AvgIpc) is 3.31. The number of thiophene rings is 1. The van der Waals surface area contributed by atoms with E-state index >= 15 is 0 Å². The third-order valence-electron chi connectivity index (χ3n) is 5.27. The number of thioether (sulfide) groups is 1. The Bertz CT molecular complexity index is 915. The topological polar surface area (TPSA) is 70.4 Å². The number of methoxy groups -OCH3 is 1. The van der Waals surface area contributed by atoms with Crippen molar-refractivity contribution in [1.82, 2.24) is 9.55 Å². The zero-order valence-electron chi connectivity index (χ0n) is 15.7. The molecule has 0 bridgehead atoms. The molecule has 146 valence electrons. The molecule has 2 aliphatic rings. The Morgan fingerprint density at radius 3 is 2.96 bits per heavy atom. The molecule has 3 heterocycles. The molecule has 0 N–H and O–H groups in total. The summed E-state index contributed by atoms with van der Waals surface area (Å²) in [5.41, 5.74) is 1.20. The lowest BCUT2D eigenvalue weighted by Crippen LogP contribution is -2.30. The van der Waals surface area contributed by atoms with Crippen LogP contribution in [0, 0.1) is 0 Å². The van der Waals surface area contributed by atoms with Crippen molar-refractivity contribution in [3.05, 3.63) is 20.8 Å². The van der Waals surface area contributed by atoms with Gasteiger partial charge in [0.15, 0.2) is 5.16 Å². The van der Waals surface area contributed by atoms with E-state index in [2.05, 4.69) is 0 Å². The van der Waals surface area contributed by atoms with Crippen LogP contribution in [0.2, 0.25) is 0 Å². The molecule has 1 saturated heterocycles. The zero-order valence-corrected chi connectivity index (χ0v) is 17.3. The van der Waals surface area contributed by atoms with Crippen LogP contribution in [0.1, 0.15) is 43.0 Å². The molecule has 1 aliphatic heterocycles. The smallest absolute Gasteiger partial charge is 0.318 e. The van der Waals surface area contributed by atoms with Crippen LogP contribution in [0.25, 0.3) is 10.2 Å². The minimum Gasteiger partial charge on any atom is -0.468 e. The molecular weight excluding hydrogens is 384 g/mol. The standard InChI is InChI=1S/C19H24N2O4S2/c1-11(18(23)24-2)26-19-20-16-15(13-7-3-4-8-14(13)27-16)17(22)21(19)10-12-6-5-9-25-12/h11-12H,3-10H2,1-2H3. The number of aryl methyl sites for hydroxylation is 2. The maximum atomic E-state index is 13.4. The summed E-state index contributed by atoms with van der Waals surface area (Å²) in [5.74, 6) is -0.316. The molecule has 2 unspecified atom stereocenters. The predicted molar refractivity (Wildman–Crippen MR) is 107 cm³/mol. The van der Waals surface area contributed by atoms with E-state index in [1.165, 1.54) is 35.7 Å². The number of hydrogen-bond donors (Lipinski definition) is 0. The monoisotopic (exact) mass is 408 g/mol. The first-order chi connectivity index (χ1) is 13.1. The fourth-order valence-electron chi connectivity index (χ4n) is 3.83. The molecule has 1 aliphatic carbocycles. The van der Waals surface area contributed by atoms with Gasteiger partial charge in [-0.05, 0) is 51.0 Å². The fraction of sp³-hybridized carbons (Fsp3) is 0.632. The number of nitrogens with zero attached hydrogens (tertiary/aromatic N) is 2. The second kappa shape index (κ2) is 7.93. The molecule has 1 fully saturated rings. The number of carbonyl (C=O) groups excluding carboxylic acids is 1. The molecular formula is C19H24N2O4S2. The molecule has 2 aromatic heterocycles. The summed E-state index contributed by atoms with van der Waals surface area (Å²) in [6.45, 7) is 3.01. The van der Waals surface area contributed by atoms with Crippen molar-refractivity contribution in [3.63, 3.8) is 0 Å². The Morgan fingerprint density at radius 1 is 1.41 bits per heavy atom. The fourth-order valence-corrected chi connectivity index (χ4v) is 6.08. The van der Waals surface area contributed by atoms with Gasteiger partial charge >= 0.3 is 5.97 Å². The van der Waals surface area contributed by atoms with Gasteiger partial charge in [-0.2, -0.15) is 0 Å². The summed E-state index contributed by atoms with van der Waals surface area (Å²) in [5, 5.41) is 0.937. The van der Waals surface area contributed by atoms with Crippen LogP contribution in [0.4, 0.5) is 0 Å². The lowest BCUT2D eigenvalue weighted by Gasteiger charge is -2.17. The van der Waals surface area contributed by atoms with Crippen LogP contribution in [-0.2, 0) is 33.7 Å². The summed E-state index contributed by atoms with van der Waals surface area (Å²) >= 11 is 2.93. The highest BCUT2D eigenvalue weighted by atomic mass is 32.2. The van der Waals surface area contributed by atoms with Gasteiger partial charge in [-0.25, -0.2) is 4.98 Å². The van der Waals surface area contributed by atoms with Crippen molar-refractivity contribution in [2.24, 2.45) is 0 Å². The molecule has 2 atom stereocenters. The Kier molecular flexibility index (Phi) is 5.57. The average molecular weight is 409 g/mol. The molecule has 4 rings (SSSR count). The summed E-state index contributed by atoms with van der Waals surface area (Å²) in [6.07, 6.45) is 6.28. The van der Waals surface area contributed by atoms with E-state index in [-0.39, 0.29) is 17.6 Å². The van der Waals surface area contributed by atoms with Crippen molar-refractivity contribution in [2.75, 3.05) is 13.7 Å². The third kappa shape index (κ3) is 3.67. The Hall–Kier alpha value is -1.38. The van der Waals surface area contributed by atoms with Crippen molar-refractivity contribution in [3.8, 4) is 0 Å². The summed E-state index contributed by atoms with van der Waals surface area (Å²) in [4.78, 5) is 32.3. The minimum absolute atomic E-state index is 0.00876. The van der Waals surface area contributed by atoms with E-state index in [4.69, 9.17) is 14.5 Å². The summed E-state index contributed by atoms with van der Waals surface area (Å²) < 4.78 is 12.3. The minimum atomic E-state index is -0.426. The van der Waals surface area contributed by atoms with Gasteiger partial charge in [-0.1, -0.05) is 11.8 Å². The van der Waals surface area contributed by atoms with Crippen LogP contribution in [0.5, 0.6) is 0 Å². The summed E-state index contributed by atoms with van der Waals surface area (Å²) in [6, 6.07) is 0. The lowest BCUT2D eigenvalue weighted by atomic mass is 9.97. The Morgan fingerprint density at radius 2 is 2.22 bits per heavy atom. The number of carbonyl (C=O) groups is 1. The number of rotatable bonds is 5. The van der Waals surface area contributed by atoms with Gasteiger partial charge in [0.2, 0.25) is 0 Å². The molecule has 0 radical (unpaired) electrons. The molecule has 0 aromatic carbocycles. The SMILES string of the molecule is COC(=O)C(C)Sc1nc2sc3c(c2c(=O)n1CC1CCCO1)CCCC3. The highest BCUT2D eigenvalue weighted by molar-refractivity contribution is 8.00. The van der Waals surface area contributed by atoms with E-state index in [1.54, 1.807) is 22.8 Å². The first-order valence-corrected chi connectivity index (χ1v) is 11.2. The molecule has 0 saturated carbocycles. The van der Waals surface area contributed by atoms with Gasteiger partial charge < -0.3 is 9.47 Å². The summed E-state index contributed by atoms with van der Waals surface area (Å²) in [7, 11) is 1.38. The van der Waals surface area contributed by atoms with Crippen LogP contribution in [0.15, 0.2) is 9.95 Å². The first-order valence-electron chi connectivity index (χ1n) is 9.49. The van der Waals surface area contributed by atoms with E-state index in [0.29, 0.717) is 11.7 Å². The second-order valence-corrected chi connectivity index (χ2v) is 9.51. The highest BCUT2D eigenvalue weighted by Crippen LogP contribution is 2.35. The van der Waals surface area contributed by atoms with E-state index < -0.39 is 5.25 Å². The van der Waals surface area contributed by atoms with Crippen LogP contribution in [0.3, 0.4) is 0 Å². The molecule has 8 heteroatoms. The Balaban J connectivity index is 1.80. The van der Waals surface area contributed by atoms with Crippen molar-refractivity contribution in [2.45, 2.75) is 68.5 Å². The van der Waals surface area contributed by atoms with Gasteiger partial charge in [0.1, 0.15) is 10.1 Å². The largest absolute Gasteiger partial charge is 0.468 e. The molecule has 6 nitrogen and oxygen atoms in total. The number of esters is 1. The van der Waals surface area contributed by atoms with E-state index in [1.807, 2.05) is 0 Å². The normalized spacial score (nSPS) is 20.6. The number of aromatic nitrogens is 2. The van der Waals surface area contributed by atoms with Crippen LogP contribution >= 0.6 is 23.1 Å². The number of fused-ring (bicyclic) bond motifs is 3. The van der Waals surface area contributed by atoms with Crippen molar-refractivity contribution < 1.29 is 14.3 Å². The Labute approximate surface area is 166 Å². The highest BCUT2D eigenvalue weighted by Gasteiger charge is 2.26. The van der Waals surface area contributed by atoms with E-state index in [0.717, 1.165) is 48.9 Å². The van der Waals surface area contributed by atoms with E-state index in [9.17, 15) is 9.59 Å². The second-order valence-electron chi connectivity index (χ2n) is 7.12.